The van der Waals surface area contributed by atoms with E-state index in [0.717, 1.165) is 17.4 Å². The first-order valence-electron chi connectivity index (χ1n) is 4.68. The van der Waals surface area contributed by atoms with E-state index in [0.29, 0.717) is 5.92 Å². The van der Waals surface area contributed by atoms with Crippen LogP contribution in [0.25, 0.3) is 0 Å². The highest BCUT2D eigenvalue weighted by Crippen LogP contribution is 2.21. The fourth-order valence-corrected chi connectivity index (χ4v) is 2.18. The SMILES string of the molecule is CC(C)C(Cl)CNCc1ccc(Cl)s1. The van der Waals surface area contributed by atoms with E-state index in [1.807, 2.05) is 12.1 Å². The van der Waals surface area contributed by atoms with Gasteiger partial charge in [0.2, 0.25) is 0 Å². The Morgan fingerprint density at radius 3 is 2.64 bits per heavy atom. The first-order chi connectivity index (χ1) is 6.59. The molecule has 14 heavy (non-hydrogen) atoms. The number of thiophene rings is 1. The van der Waals surface area contributed by atoms with Crippen molar-refractivity contribution in [2.24, 2.45) is 5.92 Å². The van der Waals surface area contributed by atoms with Crippen molar-refractivity contribution in [3.8, 4) is 0 Å². The molecule has 4 heteroatoms. The second-order valence-corrected chi connectivity index (χ2v) is 5.96. The average Bonchev–Trinajstić information content (AvgIpc) is 2.51. The van der Waals surface area contributed by atoms with E-state index in [-0.39, 0.29) is 5.38 Å². The molecule has 1 nitrogen and oxygen atoms in total. The van der Waals surface area contributed by atoms with E-state index in [1.165, 1.54) is 4.88 Å². The molecular weight excluding hydrogens is 237 g/mol. The van der Waals surface area contributed by atoms with E-state index in [2.05, 4.69) is 19.2 Å². The molecule has 1 aromatic heterocycles. The Morgan fingerprint density at radius 1 is 1.43 bits per heavy atom. The minimum absolute atomic E-state index is 0.199. The van der Waals surface area contributed by atoms with Crippen LogP contribution in [-0.2, 0) is 6.54 Å². The molecular formula is C10H15Cl2NS. The van der Waals surface area contributed by atoms with Gasteiger partial charge in [-0.1, -0.05) is 25.4 Å². The van der Waals surface area contributed by atoms with Crippen molar-refractivity contribution in [3.63, 3.8) is 0 Å². The van der Waals surface area contributed by atoms with E-state index < -0.39 is 0 Å². The molecule has 1 rings (SSSR count). The van der Waals surface area contributed by atoms with Crippen LogP contribution in [-0.4, -0.2) is 11.9 Å². The monoisotopic (exact) mass is 251 g/mol. The van der Waals surface area contributed by atoms with Gasteiger partial charge < -0.3 is 5.32 Å². The lowest BCUT2D eigenvalue weighted by Crippen LogP contribution is -2.25. The second-order valence-electron chi connectivity index (χ2n) is 3.60. The van der Waals surface area contributed by atoms with Gasteiger partial charge in [-0.25, -0.2) is 0 Å². The highest BCUT2D eigenvalue weighted by Gasteiger charge is 2.08. The van der Waals surface area contributed by atoms with Crippen molar-refractivity contribution in [3.05, 3.63) is 21.3 Å². The number of rotatable bonds is 5. The van der Waals surface area contributed by atoms with Gasteiger partial charge in [-0.2, -0.15) is 0 Å². The van der Waals surface area contributed by atoms with Gasteiger partial charge in [0.15, 0.2) is 0 Å². The zero-order valence-electron chi connectivity index (χ0n) is 8.39. The van der Waals surface area contributed by atoms with Crippen LogP contribution in [0.4, 0.5) is 0 Å². The largest absolute Gasteiger partial charge is 0.310 e. The predicted molar refractivity (Wildman–Crippen MR) is 65.5 cm³/mol. The molecule has 0 aliphatic carbocycles. The van der Waals surface area contributed by atoms with E-state index in [4.69, 9.17) is 23.2 Å². The molecule has 1 heterocycles. The molecule has 0 amide bonds. The van der Waals surface area contributed by atoms with Crippen LogP contribution >= 0.6 is 34.5 Å². The minimum atomic E-state index is 0.199. The van der Waals surface area contributed by atoms with Crippen LogP contribution in [0.5, 0.6) is 0 Å². The Balaban J connectivity index is 2.22. The number of alkyl halides is 1. The van der Waals surface area contributed by atoms with Gasteiger partial charge in [-0.15, -0.1) is 22.9 Å². The molecule has 0 radical (unpaired) electrons. The standard InChI is InChI=1S/C10H15Cl2NS/c1-7(2)9(11)6-13-5-8-3-4-10(12)14-8/h3-4,7,9,13H,5-6H2,1-2H3. The van der Waals surface area contributed by atoms with Crippen LogP contribution < -0.4 is 5.32 Å². The van der Waals surface area contributed by atoms with Gasteiger partial charge in [0, 0.05) is 23.3 Å². The Kier molecular flexibility index (Phi) is 5.24. The lowest BCUT2D eigenvalue weighted by Gasteiger charge is -2.13. The van der Waals surface area contributed by atoms with Crippen LogP contribution in [0, 0.1) is 5.92 Å². The van der Waals surface area contributed by atoms with Crippen molar-refractivity contribution in [1.82, 2.24) is 5.32 Å². The van der Waals surface area contributed by atoms with Gasteiger partial charge >= 0.3 is 0 Å². The normalized spacial score (nSPS) is 13.5. The third-order valence-corrected chi connectivity index (χ3v) is 3.88. The van der Waals surface area contributed by atoms with Crippen LogP contribution in [0.3, 0.4) is 0 Å². The molecule has 0 fully saturated rings. The van der Waals surface area contributed by atoms with Crippen molar-refractivity contribution < 1.29 is 0 Å². The average molecular weight is 252 g/mol. The minimum Gasteiger partial charge on any atom is -0.310 e. The summed E-state index contributed by atoms with van der Waals surface area (Å²) in [5.74, 6) is 0.510. The summed E-state index contributed by atoms with van der Waals surface area (Å²) in [4.78, 5) is 1.25. The highest BCUT2D eigenvalue weighted by atomic mass is 35.5. The Morgan fingerprint density at radius 2 is 2.14 bits per heavy atom. The molecule has 0 aliphatic heterocycles. The quantitative estimate of drug-likeness (QED) is 0.787. The van der Waals surface area contributed by atoms with Crippen molar-refractivity contribution in [2.75, 3.05) is 6.54 Å². The topological polar surface area (TPSA) is 12.0 Å². The smallest absolute Gasteiger partial charge is 0.0931 e. The van der Waals surface area contributed by atoms with Crippen LogP contribution in [0.2, 0.25) is 4.34 Å². The highest BCUT2D eigenvalue weighted by molar-refractivity contribution is 7.16. The Bertz CT molecular complexity index is 273. The predicted octanol–water partition coefficient (Wildman–Crippen LogP) is 3.75. The number of nitrogens with one attached hydrogen (secondary N) is 1. The molecule has 0 saturated carbocycles. The van der Waals surface area contributed by atoms with Crippen LogP contribution in [0.15, 0.2) is 12.1 Å². The maximum absolute atomic E-state index is 6.10. The van der Waals surface area contributed by atoms with E-state index in [9.17, 15) is 0 Å². The summed E-state index contributed by atoms with van der Waals surface area (Å²) in [5, 5.41) is 3.52. The summed E-state index contributed by atoms with van der Waals surface area (Å²) in [6.07, 6.45) is 0. The van der Waals surface area contributed by atoms with Crippen molar-refractivity contribution in [2.45, 2.75) is 25.8 Å². The first-order valence-corrected chi connectivity index (χ1v) is 6.31. The molecule has 1 aromatic rings. The first kappa shape index (κ1) is 12.3. The summed E-state index contributed by atoms with van der Waals surface area (Å²) in [7, 11) is 0. The van der Waals surface area contributed by atoms with Gasteiger partial charge in [0.05, 0.1) is 4.34 Å². The maximum atomic E-state index is 6.10. The molecule has 0 aliphatic rings. The fraction of sp³-hybridized carbons (Fsp3) is 0.600. The summed E-state index contributed by atoms with van der Waals surface area (Å²) < 4.78 is 0.841. The van der Waals surface area contributed by atoms with E-state index in [1.54, 1.807) is 11.3 Å². The molecule has 0 saturated heterocycles. The van der Waals surface area contributed by atoms with Gasteiger partial charge in [-0.3, -0.25) is 0 Å². The number of hydrogen-bond acceptors (Lipinski definition) is 2. The lowest BCUT2D eigenvalue weighted by atomic mass is 10.1. The van der Waals surface area contributed by atoms with Crippen molar-refractivity contribution in [1.29, 1.82) is 0 Å². The summed E-state index contributed by atoms with van der Waals surface area (Å²) >= 11 is 13.5. The molecule has 0 spiro atoms. The molecule has 0 bridgehead atoms. The second kappa shape index (κ2) is 5.96. The third kappa shape index (κ3) is 4.18. The van der Waals surface area contributed by atoms with Gasteiger partial charge in [0.1, 0.15) is 0 Å². The number of halogens is 2. The zero-order chi connectivity index (χ0) is 10.6. The lowest BCUT2D eigenvalue weighted by molar-refractivity contribution is 0.547. The fourth-order valence-electron chi connectivity index (χ4n) is 1.02. The van der Waals surface area contributed by atoms with Gasteiger partial charge in [-0.05, 0) is 18.1 Å². The van der Waals surface area contributed by atoms with E-state index >= 15 is 0 Å². The third-order valence-electron chi connectivity index (χ3n) is 1.99. The maximum Gasteiger partial charge on any atom is 0.0931 e. The molecule has 80 valence electrons. The molecule has 0 aromatic carbocycles. The molecule has 1 atom stereocenters. The summed E-state index contributed by atoms with van der Waals surface area (Å²) in [6, 6.07) is 3.96. The Labute approximate surface area is 99.4 Å². The van der Waals surface area contributed by atoms with Gasteiger partial charge in [0.25, 0.3) is 0 Å². The molecule has 1 N–H and O–H groups in total. The summed E-state index contributed by atoms with van der Waals surface area (Å²) in [6.45, 7) is 5.95. The number of hydrogen-bond donors (Lipinski definition) is 1. The Hall–Kier alpha value is 0.240. The zero-order valence-corrected chi connectivity index (χ0v) is 10.7. The van der Waals surface area contributed by atoms with Crippen LogP contribution in [0.1, 0.15) is 18.7 Å². The summed E-state index contributed by atoms with van der Waals surface area (Å²) in [5.41, 5.74) is 0. The van der Waals surface area contributed by atoms with Crippen molar-refractivity contribution >= 4 is 34.5 Å². The molecule has 1 unspecified atom stereocenters.